The summed E-state index contributed by atoms with van der Waals surface area (Å²) in [6.07, 6.45) is 0. The number of ether oxygens (including phenoxy) is 1. The van der Waals surface area contributed by atoms with Gasteiger partial charge in [-0.1, -0.05) is 53.7 Å². The summed E-state index contributed by atoms with van der Waals surface area (Å²) in [5, 5.41) is 8.26. The Morgan fingerprint density at radius 3 is 2.32 bits per heavy atom. The van der Waals surface area contributed by atoms with Crippen molar-refractivity contribution in [2.24, 2.45) is 0 Å². The van der Waals surface area contributed by atoms with Gasteiger partial charge in [0.1, 0.15) is 5.56 Å². The van der Waals surface area contributed by atoms with Crippen molar-refractivity contribution in [2.75, 3.05) is 6.61 Å². The average Bonchev–Trinajstić information content (AvgIpc) is 3.02. The Balaban J connectivity index is 2.09. The van der Waals surface area contributed by atoms with E-state index in [0.717, 1.165) is 5.56 Å². The molecule has 2 aromatic carbocycles. The molecule has 28 heavy (non-hydrogen) atoms. The first-order chi connectivity index (χ1) is 13.6. The molecule has 0 N–H and O–H groups in total. The van der Waals surface area contributed by atoms with Crippen molar-refractivity contribution in [3.63, 3.8) is 0 Å². The van der Waals surface area contributed by atoms with Crippen LogP contribution in [0.3, 0.4) is 0 Å². The number of hydrogen-bond donors (Lipinski definition) is 0. The zero-order chi connectivity index (χ0) is 19.7. The van der Waals surface area contributed by atoms with Gasteiger partial charge < -0.3 is 4.74 Å². The minimum Gasteiger partial charge on any atom is -0.462 e. The van der Waals surface area contributed by atoms with Crippen LogP contribution in [0.2, 0.25) is 0 Å². The van der Waals surface area contributed by atoms with E-state index < -0.39 is 11.7 Å². The second kappa shape index (κ2) is 7.11. The standard InChI is InChI=1S/C21H18N4O3/c1-3-28-20(26)17-14(2)18(15-10-6-4-7-11-15)24-19(17)22-23-25(21(24)27)16-12-8-5-9-13-16/h4-13H,3H2,1-2H3. The van der Waals surface area contributed by atoms with Gasteiger partial charge in [0.25, 0.3) is 0 Å². The van der Waals surface area contributed by atoms with E-state index in [9.17, 15) is 9.59 Å². The number of nitrogens with zero attached hydrogens (tertiary/aromatic N) is 4. The van der Waals surface area contributed by atoms with Crippen LogP contribution in [0.1, 0.15) is 22.8 Å². The summed E-state index contributed by atoms with van der Waals surface area (Å²) >= 11 is 0. The molecule has 140 valence electrons. The fourth-order valence-corrected chi connectivity index (χ4v) is 3.29. The van der Waals surface area contributed by atoms with Crippen molar-refractivity contribution in [2.45, 2.75) is 13.8 Å². The van der Waals surface area contributed by atoms with Gasteiger partial charge in [0.2, 0.25) is 0 Å². The van der Waals surface area contributed by atoms with Gasteiger partial charge in [-0.15, -0.1) is 5.10 Å². The number of para-hydroxylation sites is 1. The van der Waals surface area contributed by atoms with Crippen molar-refractivity contribution >= 4 is 11.6 Å². The van der Waals surface area contributed by atoms with E-state index in [1.54, 1.807) is 26.0 Å². The Morgan fingerprint density at radius 1 is 1.04 bits per heavy atom. The van der Waals surface area contributed by atoms with E-state index in [2.05, 4.69) is 10.3 Å². The molecular weight excluding hydrogens is 356 g/mol. The Bertz CT molecular complexity index is 1210. The predicted molar refractivity (Wildman–Crippen MR) is 105 cm³/mol. The lowest BCUT2D eigenvalue weighted by molar-refractivity contribution is 0.0527. The maximum absolute atomic E-state index is 13.3. The van der Waals surface area contributed by atoms with Crippen LogP contribution in [-0.2, 0) is 4.74 Å². The Morgan fingerprint density at radius 2 is 1.68 bits per heavy atom. The van der Waals surface area contributed by atoms with E-state index in [1.165, 1.54) is 9.08 Å². The summed E-state index contributed by atoms with van der Waals surface area (Å²) in [4.78, 5) is 25.9. The molecule has 0 aliphatic rings. The third-order valence-electron chi connectivity index (χ3n) is 4.52. The number of benzene rings is 2. The monoisotopic (exact) mass is 374 g/mol. The molecule has 4 rings (SSSR count). The van der Waals surface area contributed by atoms with E-state index in [0.29, 0.717) is 16.9 Å². The molecule has 0 amide bonds. The van der Waals surface area contributed by atoms with E-state index in [4.69, 9.17) is 4.74 Å². The Labute approximate surface area is 160 Å². The normalized spacial score (nSPS) is 10.9. The van der Waals surface area contributed by atoms with Crippen molar-refractivity contribution < 1.29 is 9.53 Å². The molecule has 0 radical (unpaired) electrons. The Hall–Kier alpha value is -3.74. The summed E-state index contributed by atoms with van der Waals surface area (Å²) < 4.78 is 7.84. The predicted octanol–water partition coefficient (Wildman–Crippen LogP) is 3.03. The first kappa shape index (κ1) is 17.7. The average molecular weight is 374 g/mol. The lowest BCUT2D eigenvalue weighted by atomic mass is 10.1. The number of esters is 1. The van der Waals surface area contributed by atoms with Crippen molar-refractivity contribution in [1.82, 2.24) is 19.4 Å². The van der Waals surface area contributed by atoms with Crippen molar-refractivity contribution in [3.05, 3.63) is 82.3 Å². The molecule has 2 heterocycles. The molecule has 4 aromatic rings. The van der Waals surface area contributed by atoms with E-state index >= 15 is 0 Å². The van der Waals surface area contributed by atoms with Gasteiger partial charge in [-0.2, -0.15) is 4.68 Å². The van der Waals surface area contributed by atoms with Crippen LogP contribution < -0.4 is 5.69 Å². The first-order valence-corrected chi connectivity index (χ1v) is 8.92. The van der Waals surface area contributed by atoms with Gasteiger partial charge in [0.15, 0.2) is 5.65 Å². The highest BCUT2D eigenvalue weighted by Crippen LogP contribution is 2.29. The number of carbonyl (C=O) groups is 1. The molecule has 0 aliphatic heterocycles. The zero-order valence-corrected chi connectivity index (χ0v) is 15.5. The number of aromatic nitrogens is 4. The summed E-state index contributed by atoms with van der Waals surface area (Å²) in [5.41, 5.74) is 2.65. The minimum atomic E-state index is -0.522. The van der Waals surface area contributed by atoms with Crippen LogP contribution in [0.4, 0.5) is 0 Å². The summed E-state index contributed by atoms with van der Waals surface area (Å²) in [5.74, 6) is -0.522. The maximum Gasteiger partial charge on any atom is 0.357 e. The highest BCUT2D eigenvalue weighted by molar-refractivity contribution is 6.00. The van der Waals surface area contributed by atoms with Gasteiger partial charge >= 0.3 is 11.7 Å². The molecule has 0 saturated carbocycles. The van der Waals surface area contributed by atoms with Gasteiger partial charge in [-0.05, 0) is 37.1 Å². The largest absolute Gasteiger partial charge is 0.462 e. The number of rotatable bonds is 4. The molecule has 0 fully saturated rings. The number of carbonyl (C=O) groups excluding carboxylic acids is 1. The van der Waals surface area contributed by atoms with Gasteiger partial charge in [0.05, 0.1) is 18.0 Å². The summed E-state index contributed by atoms with van der Waals surface area (Å²) in [6, 6.07) is 18.4. The first-order valence-electron chi connectivity index (χ1n) is 8.92. The van der Waals surface area contributed by atoms with Crippen molar-refractivity contribution in [3.8, 4) is 16.9 Å². The third-order valence-corrected chi connectivity index (χ3v) is 4.52. The second-order valence-electron chi connectivity index (χ2n) is 6.21. The zero-order valence-electron chi connectivity index (χ0n) is 15.5. The third kappa shape index (κ3) is 2.77. The van der Waals surface area contributed by atoms with E-state index in [-0.39, 0.29) is 17.8 Å². The van der Waals surface area contributed by atoms with Crippen molar-refractivity contribution in [1.29, 1.82) is 0 Å². The molecule has 0 saturated heterocycles. The fraction of sp³-hybridized carbons (Fsp3) is 0.143. The van der Waals surface area contributed by atoms with Crippen LogP contribution in [-0.4, -0.2) is 32.0 Å². The van der Waals surface area contributed by atoms with Gasteiger partial charge in [0, 0.05) is 0 Å². The van der Waals surface area contributed by atoms with Crippen LogP contribution >= 0.6 is 0 Å². The Kier molecular flexibility index (Phi) is 4.49. The topological polar surface area (TPSA) is 78.5 Å². The number of fused-ring (bicyclic) bond motifs is 1. The molecule has 7 nitrogen and oxygen atoms in total. The minimum absolute atomic E-state index is 0.187. The highest BCUT2D eigenvalue weighted by Gasteiger charge is 2.26. The second-order valence-corrected chi connectivity index (χ2v) is 6.21. The van der Waals surface area contributed by atoms with Crippen LogP contribution in [0.25, 0.3) is 22.6 Å². The van der Waals surface area contributed by atoms with E-state index in [1.807, 2.05) is 48.5 Å². The lowest BCUT2D eigenvalue weighted by Gasteiger charge is -2.07. The molecule has 7 heteroatoms. The van der Waals surface area contributed by atoms with Crippen LogP contribution in [0.15, 0.2) is 65.5 Å². The maximum atomic E-state index is 13.3. The summed E-state index contributed by atoms with van der Waals surface area (Å²) in [6.45, 7) is 3.75. The molecule has 0 aliphatic carbocycles. The van der Waals surface area contributed by atoms with Gasteiger partial charge in [-0.25, -0.2) is 14.0 Å². The molecule has 0 unspecified atom stereocenters. The quantitative estimate of drug-likeness (QED) is 0.513. The lowest BCUT2D eigenvalue weighted by Crippen LogP contribution is -2.29. The number of hydrogen-bond acceptors (Lipinski definition) is 5. The SMILES string of the molecule is CCOC(=O)c1c(C)c(-c2ccccc2)n2c(=O)n(-c3ccccc3)nnc12. The van der Waals surface area contributed by atoms with Gasteiger partial charge in [-0.3, -0.25) is 0 Å². The highest BCUT2D eigenvalue weighted by atomic mass is 16.5. The summed E-state index contributed by atoms with van der Waals surface area (Å²) in [7, 11) is 0. The molecule has 0 atom stereocenters. The smallest absolute Gasteiger partial charge is 0.357 e. The molecule has 2 aromatic heterocycles. The fourth-order valence-electron chi connectivity index (χ4n) is 3.29. The van der Waals surface area contributed by atoms with Crippen LogP contribution in [0, 0.1) is 6.92 Å². The molecule has 0 spiro atoms. The van der Waals surface area contributed by atoms with Crippen LogP contribution in [0.5, 0.6) is 0 Å². The molecule has 0 bridgehead atoms. The molecular formula is C21H18N4O3.